The highest BCUT2D eigenvalue weighted by Crippen LogP contribution is 2.25. The number of carbonyl (C=O) groups excluding carboxylic acids is 2. The van der Waals surface area contributed by atoms with Gasteiger partial charge in [-0.15, -0.1) is 0 Å². The average molecular weight is 328 g/mol. The van der Waals surface area contributed by atoms with E-state index < -0.39 is 11.5 Å². The third-order valence-electron chi connectivity index (χ3n) is 3.42. The number of ketones is 1. The van der Waals surface area contributed by atoms with E-state index in [9.17, 15) is 9.59 Å². The second-order valence-corrected chi connectivity index (χ2v) is 5.85. The molecular weight excluding hydrogens is 306 g/mol. The van der Waals surface area contributed by atoms with Gasteiger partial charge in [-0.25, -0.2) is 0 Å². The number of rotatable bonds is 8. The number of carbonyl (C=O) groups is 2. The summed E-state index contributed by atoms with van der Waals surface area (Å²) in [6.45, 7) is 1.60. The lowest BCUT2D eigenvalue weighted by Gasteiger charge is -2.20. The van der Waals surface area contributed by atoms with Crippen molar-refractivity contribution in [3.63, 3.8) is 0 Å². The van der Waals surface area contributed by atoms with Gasteiger partial charge in [0.2, 0.25) is 0 Å². The van der Waals surface area contributed by atoms with Gasteiger partial charge < -0.3 is 15.2 Å². The van der Waals surface area contributed by atoms with E-state index in [1.54, 1.807) is 19.1 Å². The number of hydrogen-bond acceptors (Lipinski definition) is 5. The molecule has 1 aromatic rings. The Morgan fingerprint density at radius 2 is 2.00 bits per heavy atom. The highest BCUT2D eigenvalue weighted by atomic mass is 35.5. The van der Waals surface area contributed by atoms with Gasteiger partial charge in [0, 0.05) is 12.8 Å². The minimum Gasteiger partial charge on any atom is -0.495 e. The van der Waals surface area contributed by atoms with Crippen molar-refractivity contribution in [3.8, 4) is 5.75 Å². The summed E-state index contributed by atoms with van der Waals surface area (Å²) in [5, 5.41) is 0.480. The van der Waals surface area contributed by atoms with Crippen molar-refractivity contribution in [1.29, 1.82) is 0 Å². The van der Waals surface area contributed by atoms with E-state index in [4.69, 9.17) is 22.1 Å². The zero-order valence-corrected chi connectivity index (χ0v) is 13.9. The van der Waals surface area contributed by atoms with Crippen molar-refractivity contribution in [1.82, 2.24) is 0 Å². The first kappa shape index (κ1) is 18.5. The lowest BCUT2D eigenvalue weighted by Crippen LogP contribution is -2.45. The molecule has 6 heteroatoms. The Bertz CT molecular complexity index is 543. The van der Waals surface area contributed by atoms with Crippen molar-refractivity contribution in [2.45, 2.75) is 38.1 Å². The van der Waals surface area contributed by atoms with Gasteiger partial charge in [0.25, 0.3) is 0 Å². The van der Waals surface area contributed by atoms with Crippen molar-refractivity contribution < 1.29 is 19.1 Å². The lowest BCUT2D eigenvalue weighted by atomic mass is 9.94. The second kappa shape index (κ2) is 8.15. The number of ether oxygens (including phenoxy) is 2. The molecule has 0 saturated carbocycles. The van der Waals surface area contributed by atoms with E-state index in [1.807, 2.05) is 6.07 Å². The Morgan fingerprint density at radius 3 is 2.55 bits per heavy atom. The van der Waals surface area contributed by atoms with Crippen LogP contribution in [0, 0.1) is 0 Å². The maximum Gasteiger partial charge on any atom is 0.325 e. The number of Topliss-reactive ketones (excluding diaryl/α,β-unsaturated/α-hetero) is 1. The number of methoxy groups -OCH3 is 2. The van der Waals surface area contributed by atoms with E-state index in [2.05, 4.69) is 4.74 Å². The van der Waals surface area contributed by atoms with Crippen LogP contribution in [0.2, 0.25) is 5.02 Å². The minimum atomic E-state index is -1.06. The quantitative estimate of drug-likeness (QED) is 0.742. The summed E-state index contributed by atoms with van der Waals surface area (Å²) in [4.78, 5) is 23.4. The Labute approximate surface area is 135 Å². The van der Waals surface area contributed by atoms with Gasteiger partial charge in [-0.1, -0.05) is 17.7 Å². The Morgan fingerprint density at radius 1 is 1.32 bits per heavy atom. The van der Waals surface area contributed by atoms with Crippen LogP contribution in [0.3, 0.4) is 0 Å². The average Bonchev–Trinajstić information content (AvgIpc) is 2.46. The van der Waals surface area contributed by atoms with Crippen LogP contribution in [-0.2, 0) is 20.7 Å². The Balaban J connectivity index is 2.47. The van der Waals surface area contributed by atoms with Crippen LogP contribution in [0.25, 0.3) is 0 Å². The van der Waals surface area contributed by atoms with Crippen LogP contribution in [-0.4, -0.2) is 31.5 Å². The van der Waals surface area contributed by atoms with E-state index in [-0.39, 0.29) is 5.78 Å². The second-order valence-electron chi connectivity index (χ2n) is 5.45. The molecule has 1 atom stereocenters. The topological polar surface area (TPSA) is 78.6 Å². The third-order valence-corrected chi connectivity index (χ3v) is 3.72. The number of nitrogens with two attached hydrogens (primary N) is 1. The summed E-state index contributed by atoms with van der Waals surface area (Å²) in [5.74, 6) is 0.179. The highest BCUT2D eigenvalue weighted by Gasteiger charge is 2.28. The Hall–Kier alpha value is -1.59. The summed E-state index contributed by atoms with van der Waals surface area (Å²) < 4.78 is 9.69. The predicted molar refractivity (Wildman–Crippen MR) is 85.2 cm³/mol. The van der Waals surface area contributed by atoms with Crippen LogP contribution >= 0.6 is 11.6 Å². The van der Waals surface area contributed by atoms with Gasteiger partial charge in [0.15, 0.2) is 0 Å². The molecule has 0 radical (unpaired) electrons. The molecule has 0 amide bonds. The summed E-state index contributed by atoms with van der Waals surface area (Å²) in [5.41, 5.74) is 5.62. The fraction of sp³-hybridized carbons (Fsp3) is 0.500. The summed E-state index contributed by atoms with van der Waals surface area (Å²) in [7, 11) is 2.84. The molecule has 1 rings (SSSR count). The van der Waals surface area contributed by atoms with Gasteiger partial charge in [-0.3, -0.25) is 9.59 Å². The molecule has 0 bridgehead atoms. The van der Waals surface area contributed by atoms with Gasteiger partial charge in [0.1, 0.15) is 17.1 Å². The Kier molecular flexibility index (Phi) is 6.84. The number of hydrogen-bond donors (Lipinski definition) is 1. The van der Waals surface area contributed by atoms with Crippen molar-refractivity contribution in [2.24, 2.45) is 5.73 Å². The molecule has 0 heterocycles. The van der Waals surface area contributed by atoms with Gasteiger partial charge in [-0.05, 0) is 37.5 Å². The van der Waals surface area contributed by atoms with Gasteiger partial charge in [-0.2, -0.15) is 0 Å². The maximum atomic E-state index is 12.0. The van der Waals surface area contributed by atoms with E-state index >= 15 is 0 Å². The van der Waals surface area contributed by atoms with Crippen molar-refractivity contribution in [3.05, 3.63) is 28.8 Å². The predicted octanol–water partition coefficient (Wildman–Crippen LogP) is 2.52. The standard InChI is InChI=1S/C16H22ClNO4/c1-16(18,15(20)22-3)8-4-5-12(19)9-11-6-7-14(21-2)13(17)10-11/h6-7,10H,4-5,8-9,18H2,1-3H3. The van der Waals surface area contributed by atoms with Crippen LogP contribution in [0.1, 0.15) is 31.7 Å². The monoisotopic (exact) mass is 327 g/mol. The van der Waals surface area contributed by atoms with E-state index in [1.165, 1.54) is 14.2 Å². The smallest absolute Gasteiger partial charge is 0.325 e. The number of benzene rings is 1. The van der Waals surface area contributed by atoms with Crippen molar-refractivity contribution in [2.75, 3.05) is 14.2 Å². The first-order chi connectivity index (χ1) is 10.3. The third kappa shape index (κ3) is 5.31. The molecule has 0 spiro atoms. The van der Waals surface area contributed by atoms with Crippen LogP contribution in [0.5, 0.6) is 5.75 Å². The van der Waals surface area contributed by atoms with Gasteiger partial charge in [0.05, 0.1) is 19.2 Å². The summed E-state index contributed by atoms with van der Waals surface area (Å²) in [6.07, 6.45) is 1.58. The first-order valence-electron chi connectivity index (χ1n) is 7.01. The zero-order valence-electron chi connectivity index (χ0n) is 13.1. The van der Waals surface area contributed by atoms with E-state index in [0.717, 1.165) is 5.56 Å². The molecule has 0 saturated heterocycles. The first-order valence-corrected chi connectivity index (χ1v) is 7.39. The molecule has 5 nitrogen and oxygen atoms in total. The van der Waals surface area contributed by atoms with Crippen LogP contribution < -0.4 is 10.5 Å². The van der Waals surface area contributed by atoms with Crippen molar-refractivity contribution >= 4 is 23.4 Å². The molecular formula is C16H22ClNO4. The van der Waals surface area contributed by atoms with Crippen LogP contribution in [0.4, 0.5) is 0 Å². The molecule has 0 aromatic heterocycles. The molecule has 1 aromatic carbocycles. The molecule has 22 heavy (non-hydrogen) atoms. The molecule has 0 aliphatic rings. The maximum absolute atomic E-state index is 12.0. The fourth-order valence-electron chi connectivity index (χ4n) is 2.12. The summed E-state index contributed by atoms with van der Waals surface area (Å²) >= 11 is 6.02. The number of esters is 1. The normalized spacial score (nSPS) is 13.3. The largest absolute Gasteiger partial charge is 0.495 e. The highest BCUT2D eigenvalue weighted by molar-refractivity contribution is 6.32. The molecule has 0 fully saturated rings. The minimum absolute atomic E-state index is 0.0712. The van der Waals surface area contributed by atoms with E-state index in [0.29, 0.717) is 36.5 Å². The lowest BCUT2D eigenvalue weighted by molar-refractivity contribution is -0.146. The number of halogens is 1. The molecule has 0 aliphatic heterocycles. The van der Waals surface area contributed by atoms with Gasteiger partial charge >= 0.3 is 5.97 Å². The molecule has 122 valence electrons. The van der Waals surface area contributed by atoms with Crippen LogP contribution in [0.15, 0.2) is 18.2 Å². The zero-order chi connectivity index (χ0) is 16.8. The molecule has 1 unspecified atom stereocenters. The molecule has 0 aliphatic carbocycles. The summed E-state index contributed by atoms with van der Waals surface area (Å²) in [6, 6.07) is 5.27. The molecule has 2 N–H and O–H groups in total. The SMILES string of the molecule is COC(=O)C(C)(N)CCCC(=O)Cc1ccc(OC)c(Cl)c1. The fourth-order valence-corrected chi connectivity index (χ4v) is 2.40.